The molecule has 0 aliphatic heterocycles. The van der Waals surface area contributed by atoms with E-state index in [0.29, 0.717) is 6.54 Å². The smallest absolute Gasteiger partial charge is 0.321 e. The van der Waals surface area contributed by atoms with E-state index in [2.05, 4.69) is 26.2 Å². The van der Waals surface area contributed by atoms with Crippen molar-refractivity contribution >= 4 is 27.7 Å². The second-order valence-corrected chi connectivity index (χ2v) is 4.71. The summed E-state index contributed by atoms with van der Waals surface area (Å²) in [6.45, 7) is 0.368. The molecule has 0 saturated carbocycles. The van der Waals surface area contributed by atoms with Gasteiger partial charge in [-0.25, -0.2) is 4.98 Å². The van der Waals surface area contributed by atoms with Crippen molar-refractivity contribution in [2.45, 2.75) is 11.9 Å². The van der Waals surface area contributed by atoms with Crippen molar-refractivity contribution in [3.8, 4) is 0 Å². The summed E-state index contributed by atoms with van der Waals surface area (Å²) >= 11 is 3.37. The molecule has 20 heavy (non-hydrogen) atoms. The van der Waals surface area contributed by atoms with E-state index in [4.69, 9.17) is 0 Å². The molecule has 0 saturated heterocycles. The summed E-state index contributed by atoms with van der Waals surface area (Å²) in [4.78, 5) is 24.2. The molecule has 2 rings (SSSR count). The van der Waals surface area contributed by atoms with Gasteiger partial charge in [-0.1, -0.05) is 40.2 Å². The molecule has 0 unspecified atom stereocenters. The Kier molecular flexibility index (Phi) is 4.52. The first kappa shape index (κ1) is 14.3. The van der Waals surface area contributed by atoms with Crippen LogP contribution in [0.2, 0.25) is 0 Å². The van der Waals surface area contributed by atoms with Crippen molar-refractivity contribution in [2.75, 3.05) is 0 Å². The molecule has 1 heterocycles. The van der Waals surface area contributed by atoms with Crippen LogP contribution >= 0.6 is 15.9 Å². The van der Waals surface area contributed by atoms with Crippen LogP contribution in [0.1, 0.15) is 21.6 Å². The van der Waals surface area contributed by atoms with Crippen molar-refractivity contribution in [1.82, 2.24) is 10.3 Å². The number of aromatic amines is 1. The number of aromatic nitrogens is 1. The molecule has 1 amide bonds. The van der Waals surface area contributed by atoms with E-state index in [0.717, 1.165) is 16.5 Å². The van der Waals surface area contributed by atoms with Gasteiger partial charge in [-0.2, -0.15) is 0 Å². The number of alkyl halides is 1. The first-order valence-corrected chi connectivity index (χ1v) is 6.97. The number of carbonyl (C=O) groups is 1. The zero-order valence-corrected chi connectivity index (χ0v) is 12.0. The van der Waals surface area contributed by atoms with Gasteiger partial charge >= 0.3 is 5.82 Å². The second kappa shape index (κ2) is 6.33. The Hall–Kier alpha value is -2.15. The number of benzene rings is 1. The fourth-order valence-corrected chi connectivity index (χ4v) is 2.07. The van der Waals surface area contributed by atoms with E-state index >= 15 is 0 Å². The Balaban J connectivity index is 1.98. The van der Waals surface area contributed by atoms with Crippen LogP contribution in [0.3, 0.4) is 0 Å². The molecule has 0 spiro atoms. The maximum atomic E-state index is 11.8. The molecular weight excluding hydrogens is 326 g/mol. The molecule has 1 aromatic carbocycles. The Morgan fingerprint density at radius 3 is 2.70 bits per heavy atom. The number of nitro groups is 1. The van der Waals surface area contributed by atoms with Crippen molar-refractivity contribution in [2.24, 2.45) is 0 Å². The van der Waals surface area contributed by atoms with Crippen molar-refractivity contribution in [1.29, 1.82) is 0 Å². The van der Waals surface area contributed by atoms with Gasteiger partial charge in [0.2, 0.25) is 0 Å². The van der Waals surface area contributed by atoms with E-state index in [9.17, 15) is 14.9 Å². The van der Waals surface area contributed by atoms with E-state index in [1.54, 1.807) is 0 Å². The van der Waals surface area contributed by atoms with Gasteiger partial charge in [-0.15, -0.1) is 0 Å². The molecular formula is C13H12BrN3O3. The maximum Gasteiger partial charge on any atom is 0.321 e. The number of rotatable bonds is 5. The molecule has 0 bridgehead atoms. The van der Waals surface area contributed by atoms with Crippen LogP contribution in [0.15, 0.2) is 36.4 Å². The Labute approximate surface area is 123 Å². The number of nitrogens with one attached hydrogen (secondary N) is 2. The number of amides is 1. The van der Waals surface area contributed by atoms with Crippen LogP contribution in [-0.2, 0) is 11.9 Å². The minimum absolute atomic E-state index is 0.174. The Morgan fingerprint density at radius 1 is 1.30 bits per heavy atom. The van der Waals surface area contributed by atoms with Gasteiger partial charge in [-0.05, 0) is 22.1 Å². The topological polar surface area (TPSA) is 88.0 Å². The van der Waals surface area contributed by atoms with E-state index in [1.807, 2.05) is 24.3 Å². The van der Waals surface area contributed by atoms with Crippen LogP contribution in [-0.4, -0.2) is 15.8 Å². The molecule has 6 nitrogen and oxygen atoms in total. The average molecular weight is 338 g/mol. The predicted octanol–water partition coefficient (Wildman–Crippen LogP) is 2.75. The lowest BCUT2D eigenvalue weighted by Crippen LogP contribution is -2.23. The maximum absolute atomic E-state index is 11.8. The third-order valence-corrected chi connectivity index (χ3v) is 3.36. The first-order chi connectivity index (χ1) is 9.60. The molecule has 0 radical (unpaired) electrons. The SMILES string of the molecule is O=C(NCc1cccc(CBr)c1)c1ccc([N+](=O)[O-])[nH]1. The third-order valence-electron chi connectivity index (χ3n) is 2.71. The van der Waals surface area contributed by atoms with Crippen LogP contribution in [0.25, 0.3) is 0 Å². The lowest BCUT2D eigenvalue weighted by Gasteiger charge is -2.04. The van der Waals surface area contributed by atoms with Crippen LogP contribution in [0.4, 0.5) is 5.82 Å². The van der Waals surface area contributed by atoms with Crippen molar-refractivity contribution in [3.63, 3.8) is 0 Å². The van der Waals surface area contributed by atoms with Gasteiger partial charge in [0, 0.05) is 17.9 Å². The van der Waals surface area contributed by atoms with Crippen LogP contribution in [0, 0.1) is 10.1 Å². The summed E-state index contributed by atoms with van der Waals surface area (Å²) in [5.74, 6) is -0.571. The molecule has 2 aromatic rings. The summed E-state index contributed by atoms with van der Waals surface area (Å²) < 4.78 is 0. The fraction of sp³-hybridized carbons (Fsp3) is 0.154. The normalized spacial score (nSPS) is 10.2. The number of H-pyrrole nitrogens is 1. The molecule has 2 N–H and O–H groups in total. The highest BCUT2D eigenvalue weighted by Crippen LogP contribution is 2.11. The van der Waals surface area contributed by atoms with Gasteiger partial charge < -0.3 is 15.4 Å². The highest BCUT2D eigenvalue weighted by Gasteiger charge is 2.14. The van der Waals surface area contributed by atoms with E-state index in [-0.39, 0.29) is 17.4 Å². The van der Waals surface area contributed by atoms with Crippen molar-refractivity contribution in [3.05, 3.63) is 63.3 Å². The minimum Gasteiger partial charge on any atom is -0.358 e. The van der Waals surface area contributed by atoms with Gasteiger partial charge in [-0.3, -0.25) is 4.79 Å². The molecule has 0 atom stereocenters. The average Bonchev–Trinajstić information content (AvgIpc) is 2.95. The van der Waals surface area contributed by atoms with Gasteiger partial charge in [0.1, 0.15) is 0 Å². The molecule has 0 fully saturated rings. The molecule has 104 valence electrons. The number of halogens is 1. The molecule has 7 heteroatoms. The van der Waals surface area contributed by atoms with Gasteiger partial charge in [0.15, 0.2) is 5.69 Å². The minimum atomic E-state index is -0.573. The molecule has 1 aromatic heterocycles. The first-order valence-electron chi connectivity index (χ1n) is 5.85. The van der Waals surface area contributed by atoms with E-state index < -0.39 is 4.92 Å². The monoisotopic (exact) mass is 337 g/mol. The quantitative estimate of drug-likeness (QED) is 0.499. The summed E-state index contributed by atoms with van der Waals surface area (Å²) in [5.41, 5.74) is 2.26. The highest BCUT2D eigenvalue weighted by molar-refractivity contribution is 9.08. The van der Waals surface area contributed by atoms with Gasteiger partial charge in [0.05, 0.1) is 0 Å². The highest BCUT2D eigenvalue weighted by atomic mass is 79.9. The zero-order chi connectivity index (χ0) is 14.5. The van der Waals surface area contributed by atoms with Gasteiger partial charge in [0.25, 0.3) is 5.91 Å². The largest absolute Gasteiger partial charge is 0.358 e. The van der Waals surface area contributed by atoms with E-state index in [1.165, 1.54) is 12.1 Å². The lowest BCUT2D eigenvalue weighted by molar-refractivity contribution is -0.389. The fourth-order valence-electron chi connectivity index (χ4n) is 1.72. The number of hydrogen-bond donors (Lipinski definition) is 2. The second-order valence-electron chi connectivity index (χ2n) is 4.15. The molecule has 0 aliphatic carbocycles. The van der Waals surface area contributed by atoms with Crippen LogP contribution < -0.4 is 5.32 Å². The Bertz CT molecular complexity index is 639. The summed E-state index contributed by atoms with van der Waals surface area (Å²) in [5, 5.41) is 14.0. The Morgan fingerprint density at radius 2 is 2.05 bits per heavy atom. The van der Waals surface area contributed by atoms with Crippen molar-refractivity contribution < 1.29 is 9.72 Å². The summed E-state index contributed by atoms with van der Waals surface area (Å²) in [6.07, 6.45) is 0. The number of nitrogens with zero attached hydrogens (tertiary/aromatic N) is 1. The number of hydrogen-bond acceptors (Lipinski definition) is 3. The predicted molar refractivity (Wildman–Crippen MR) is 77.7 cm³/mol. The lowest BCUT2D eigenvalue weighted by atomic mass is 10.1. The number of carbonyl (C=O) groups excluding carboxylic acids is 1. The summed E-state index contributed by atoms with van der Waals surface area (Å²) in [6, 6.07) is 10.4. The standard InChI is InChI=1S/C13H12BrN3O3/c14-7-9-2-1-3-10(6-9)8-15-13(18)11-4-5-12(16-11)17(19)20/h1-6,16H,7-8H2,(H,15,18). The zero-order valence-electron chi connectivity index (χ0n) is 10.4. The third kappa shape index (κ3) is 3.45. The summed E-state index contributed by atoms with van der Waals surface area (Å²) in [7, 11) is 0. The van der Waals surface area contributed by atoms with Crippen LogP contribution in [0.5, 0.6) is 0 Å². The molecule has 0 aliphatic rings.